The Morgan fingerprint density at radius 3 is 2.35 bits per heavy atom. The molecule has 4 heteroatoms. The summed E-state index contributed by atoms with van der Waals surface area (Å²) in [5, 5.41) is 3.23. The molecule has 1 heterocycles. The van der Waals surface area contributed by atoms with Crippen LogP contribution in [0.5, 0.6) is 0 Å². The summed E-state index contributed by atoms with van der Waals surface area (Å²) < 4.78 is 0. The first-order valence-electron chi connectivity index (χ1n) is 9.01. The van der Waals surface area contributed by atoms with Crippen LogP contribution in [0, 0.1) is 13.8 Å². The topological polar surface area (TPSA) is 35.6 Å². The zero-order valence-electron chi connectivity index (χ0n) is 14.5. The quantitative estimate of drug-likeness (QED) is 0.907. The van der Waals surface area contributed by atoms with Gasteiger partial charge in [0.1, 0.15) is 0 Å². The van der Waals surface area contributed by atoms with E-state index in [0.29, 0.717) is 6.04 Å². The summed E-state index contributed by atoms with van der Waals surface area (Å²) in [5.74, 6) is 0. The molecule has 0 unspecified atom stereocenters. The molecule has 126 valence electrons. The van der Waals surface area contributed by atoms with Crippen LogP contribution in [0.25, 0.3) is 0 Å². The van der Waals surface area contributed by atoms with Crippen LogP contribution in [0.2, 0.25) is 0 Å². The summed E-state index contributed by atoms with van der Waals surface area (Å²) >= 11 is 0. The second-order valence-electron chi connectivity index (χ2n) is 7.03. The lowest BCUT2D eigenvalue weighted by Crippen LogP contribution is -2.53. The molecule has 23 heavy (non-hydrogen) atoms. The lowest BCUT2D eigenvalue weighted by Gasteiger charge is -2.37. The van der Waals surface area contributed by atoms with Gasteiger partial charge in [0.15, 0.2) is 0 Å². The van der Waals surface area contributed by atoms with Crippen molar-refractivity contribution in [2.75, 3.05) is 31.1 Å². The zero-order valence-corrected chi connectivity index (χ0v) is 14.5. The number of hydrogen-bond donors (Lipinski definition) is 1. The predicted octanol–water partition coefficient (Wildman–Crippen LogP) is 3.47. The fourth-order valence-electron chi connectivity index (χ4n) is 3.60. The van der Waals surface area contributed by atoms with Crippen LogP contribution < -0.4 is 10.2 Å². The van der Waals surface area contributed by atoms with Crippen LogP contribution in [-0.4, -0.2) is 43.2 Å². The van der Waals surface area contributed by atoms with Gasteiger partial charge in [-0.3, -0.25) is 0 Å². The molecule has 0 spiro atoms. The van der Waals surface area contributed by atoms with Gasteiger partial charge in [0, 0.05) is 37.9 Å². The third kappa shape index (κ3) is 3.98. The van der Waals surface area contributed by atoms with Crippen molar-refractivity contribution >= 4 is 11.7 Å². The van der Waals surface area contributed by atoms with Crippen LogP contribution in [0.4, 0.5) is 10.5 Å². The summed E-state index contributed by atoms with van der Waals surface area (Å²) in [7, 11) is 0. The molecule has 0 bridgehead atoms. The first-order valence-corrected chi connectivity index (χ1v) is 9.01. The van der Waals surface area contributed by atoms with E-state index in [1.165, 1.54) is 36.1 Å². The minimum absolute atomic E-state index is 0.136. The van der Waals surface area contributed by atoms with Gasteiger partial charge in [-0.05, 0) is 49.9 Å². The molecule has 4 nitrogen and oxygen atoms in total. The summed E-state index contributed by atoms with van der Waals surface area (Å²) in [5.41, 5.74) is 3.94. The number of carbonyl (C=O) groups is 1. The minimum atomic E-state index is 0.136. The van der Waals surface area contributed by atoms with Gasteiger partial charge >= 0.3 is 6.03 Å². The Balaban J connectivity index is 1.51. The van der Waals surface area contributed by atoms with E-state index < -0.39 is 0 Å². The van der Waals surface area contributed by atoms with Crippen LogP contribution >= 0.6 is 0 Å². The van der Waals surface area contributed by atoms with E-state index in [2.05, 4.69) is 42.3 Å². The first-order chi connectivity index (χ1) is 11.1. The molecule has 1 N–H and O–H groups in total. The molecular weight excluding hydrogens is 286 g/mol. The van der Waals surface area contributed by atoms with Crippen molar-refractivity contribution in [3.63, 3.8) is 0 Å². The predicted molar refractivity (Wildman–Crippen MR) is 95.1 cm³/mol. The normalized spacial score (nSPS) is 19.7. The van der Waals surface area contributed by atoms with Gasteiger partial charge in [0.25, 0.3) is 0 Å². The van der Waals surface area contributed by atoms with Crippen molar-refractivity contribution in [1.82, 2.24) is 10.2 Å². The number of rotatable bonds is 2. The Labute approximate surface area is 139 Å². The molecule has 1 aliphatic heterocycles. The monoisotopic (exact) mass is 315 g/mol. The number of anilines is 1. The summed E-state index contributed by atoms with van der Waals surface area (Å²) in [6, 6.07) is 7.17. The zero-order chi connectivity index (χ0) is 16.2. The third-order valence-electron chi connectivity index (χ3n) is 5.36. The number of nitrogens with zero attached hydrogens (tertiary/aromatic N) is 2. The average Bonchev–Trinajstić information content (AvgIpc) is 2.58. The number of aryl methyl sites for hydroxylation is 2. The van der Waals surface area contributed by atoms with Gasteiger partial charge < -0.3 is 15.1 Å². The fraction of sp³-hybridized carbons (Fsp3) is 0.632. The number of benzene rings is 1. The Morgan fingerprint density at radius 1 is 1.00 bits per heavy atom. The van der Waals surface area contributed by atoms with Crippen molar-refractivity contribution in [2.45, 2.75) is 52.0 Å². The second-order valence-corrected chi connectivity index (χ2v) is 7.03. The highest BCUT2D eigenvalue weighted by molar-refractivity contribution is 5.75. The lowest BCUT2D eigenvalue weighted by molar-refractivity contribution is 0.186. The van der Waals surface area contributed by atoms with E-state index in [1.54, 1.807) is 0 Å². The molecule has 0 aromatic heterocycles. The summed E-state index contributed by atoms with van der Waals surface area (Å²) in [6.07, 6.45) is 6.13. The molecule has 1 aliphatic carbocycles. The lowest BCUT2D eigenvalue weighted by atomic mass is 9.96. The van der Waals surface area contributed by atoms with Crippen molar-refractivity contribution in [3.05, 3.63) is 29.3 Å². The Bertz CT molecular complexity index is 544. The van der Waals surface area contributed by atoms with Crippen LogP contribution in [0.1, 0.15) is 43.2 Å². The summed E-state index contributed by atoms with van der Waals surface area (Å²) in [4.78, 5) is 16.8. The Morgan fingerprint density at radius 2 is 1.70 bits per heavy atom. The molecule has 3 rings (SSSR count). The fourth-order valence-corrected chi connectivity index (χ4v) is 3.60. The van der Waals surface area contributed by atoms with Gasteiger partial charge in [-0.25, -0.2) is 4.79 Å². The molecule has 0 atom stereocenters. The van der Waals surface area contributed by atoms with Gasteiger partial charge in [0.05, 0.1) is 0 Å². The third-order valence-corrected chi connectivity index (χ3v) is 5.36. The SMILES string of the molecule is Cc1ccc(N2CCN(C(=O)NC3CCCCC3)CC2)cc1C. The number of carbonyl (C=O) groups excluding carboxylic acids is 1. The van der Waals surface area contributed by atoms with Gasteiger partial charge in [-0.2, -0.15) is 0 Å². The van der Waals surface area contributed by atoms with E-state index in [1.807, 2.05) is 4.90 Å². The van der Waals surface area contributed by atoms with Crippen molar-refractivity contribution in [3.8, 4) is 0 Å². The largest absolute Gasteiger partial charge is 0.368 e. The molecule has 0 radical (unpaired) electrons. The molecule has 1 aromatic carbocycles. The highest BCUT2D eigenvalue weighted by atomic mass is 16.2. The number of urea groups is 1. The van der Waals surface area contributed by atoms with Crippen molar-refractivity contribution in [1.29, 1.82) is 0 Å². The minimum Gasteiger partial charge on any atom is -0.368 e. The van der Waals surface area contributed by atoms with E-state index in [9.17, 15) is 4.79 Å². The maximum absolute atomic E-state index is 12.4. The molecule has 2 amide bonds. The molecular formula is C19H29N3O. The molecule has 1 saturated carbocycles. The highest BCUT2D eigenvalue weighted by Gasteiger charge is 2.24. The number of nitrogens with one attached hydrogen (secondary N) is 1. The summed E-state index contributed by atoms with van der Waals surface area (Å²) in [6.45, 7) is 7.76. The molecule has 1 saturated heterocycles. The second kappa shape index (κ2) is 7.24. The van der Waals surface area contributed by atoms with Crippen LogP contribution in [0.3, 0.4) is 0 Å². The maximum atomic E-state index is 12.4. The van der Waals surface area contributed by atoms with Gasteiger partial charge in [-0.1, -0.05) is 25.3 Å². The van der Waals surface area contributed by atoms with Gasteiger partial charge in [-0.15, -0.1) is 0 Å². The van der Waals surface area contributed by atoms with E-state index >= 15 is 0 Å². The first kappa shape index (κ1) is 16.2. The van der Waals surface area contributed by atoms with Crippen LogP contribution in [-0.2, 0) is 0 Å². The average molecular weight is 315 g/mol. The number of hydrogen-bond acceptors (Lipinski definition) is 2. The molecule has 2 fully saturated rings. The smallest absolute Gasteiger partial charge is 0.317 e. The van der Waals surface area contributed by atoms with Crippen molar-refractivity contribution < 1.29 is 4.79 Å². The molecule has 2 aliphatic rings. The van der Waals surface area contributed by atoms with Crippen molar-refractivity contribution in [2.24, 2.45) is 0 Å². The highest BCUT2D eigenvalue weighted by Crippen LogP contribution is 2.21. The maximum Gasteiger partial charge on any atom is 0.317 e. The van der Waals surface area contributed by atoms with Gasteiger partial charge in [0.2, 0.25) is 0 Å². The van der Waals surface area contributed by atoms with Crippen LogP contribution in [0.15, 0.2) is 18.2 Å². The van der Waals surface area contributed by atoms with E-state index in [-0.39, 0.29) is 6.03 Å². The molecule has 1 aromatic rings. The van der Waals surface area contributed by atoms with E-state index in [4.69, 9.17) is 0 Å². The number of piperazine rings is 1. The Kier molecular flexibility index (Phi) is 5.09. The van der Waals surface area contributed by atoms with E-state index in [0.717, 1.165) is 39.0 Å². The Hall–Kier alpha value is -1.71. The number of amides is 2. The standard InChI is InChI=1S/C19H29N3O/c1-15-8-9-18(14-16(15)2)21-10-12-22(13-11-21)19(23)20-17-6-4-3-5-7-17/h8-9,14,17H,3-7,10-13H2,1-2H3,(H,20,23).